The van der Waals surface area contributed by atoms with Gasteiger partial charge in [-0.2, -0.15) is 0 Å². The van der Waals surface area contributed by atoms with Gasteiger partial charge in [-0.05, 0) is 30.8 Å². The Morgan fingerprint density at radius 2 is 2.18 bits per heavy atom. The Labute approximate surface area is 114 Å². The van der Waals surface area contributed by atoms with Gasteiger partial charge in [0.25, 0.3) is 5.91 Å². The van der Waals surface area contributed by atoms with E-state index in [4.69, 9.17) is 23.2 Å². The molecule has 2 N–H and O–H groups in total. The van der Waals surface area contributed by atoms with Crippen LogP contribution in [0.1, 0.15) is 5.56 Å². The molecule has 1 saturated heterocycles. The number of carbonyl (C=O) groups is 1. The summed E-state index contributed by atoms with van der Waals surface area (Å²) in [5, 5.41) is 6.75. The first-order valence-electron chi connectivity index (χ1n) is 4.91. The molecular formula is C11H10Cl2N2OS. The van der Waals surface area contributed by atoms with Gasteiger partial charge in [-0.15, -0.1) is 0 Å². The molecule has 0 aliphatic carbocycles. The van der Waals surface area contributed by atoms with E-state index in [1.54, 1.807) is 25.3 Å². The minimum atomic E-state index is -0.0829. The maximum absolute atomic E-state index is 11.6. The maximum Gasteiger partial charge on any atom is 0.259 e. The molecule has 17 heavy (non-hydrogen) atoms. The van der Waals surface area contributed by atoms with E-state index < -0.39 is 0 Å². The predicted molar refractivity (Wildman–Crippen MR) is 73.0 cm³/mol. The minimum Gasteiger partial charge on any atom is -0.327 e. The van der Waals surface area contributed by atoms with Crippen LogP contribution in [0.15, 0.2) is 23.1 Å². The van der Waals surface area contributed by atoms with Crippen LogP contribution in [0.4, 0.5) is 0 Å². The van der Waals surface area contributed by atoms with Crippen molar-refractivity contribution in [3.63, 3.8) is 0 Å². The zero-order chi connectivity index (χ0) is 12.4. The topological polar surface area (TPSA) is 41.1 Å². The Balaban J connectivity index is 2.24. The summed E-state index contributed by atoms with van der Waals surface area (Å²) in [6.45, 7) is 0. The summed E-state index contributed by atoms with van der Waals surface area (Å²) < 4.78 is 0. The molecule has 0 radical (unpaired) electrons. The average molecular weight is 289 g/mol. The van der Waals surface area contributed by atoms with Crippen molar-refractivity contribution in [1.29, 1.82) is 0 Å². The summed E-state index contributed by atoms with van der Waals surface area (Å²) in [5.74, 6) is -0.0829. The van der Waals surface area contributed by atoms with E-state index in [0.29, 0.717) is 15.0 Å². The van der Waals surface area contributed by atoms with Crippen molar-refractivity contribution in [2.75, 3.05) is 7.05 Å². The highest BCUT2D eigenvalue weighted by molar-refractivity contribution is 8.05. The lowest BCUT2D eigenvalue weighted by atomic mass is 10.2. The van der Waals surface area contributed by atoms with Crippen molar-refractivity contribution < 1.29 is 4.79 Å². The van der Waals surface area contributed by atoms with Crippen LogP contribution in [0.2, 0.25) is 10.0 Å². The van der Waals surface area contributed by atoms with Crippen LogP contribution in [-0.2, 0) is 4.79 Å². The Morgan fingerprint density at radius 3 is 2.76 bits per heavy atom. The number of rotatable bonds is 2. The van der Waals surface area contributed by atoms with Gasteiger partial charge in [0.05, 0.1) is 15.0 Å². The van der Waals surface area contributed by atoms with Crippen molar-refractivity contribution in [1.82, 2.24) is 10.6 Å². The van der Waals surface area contributed by atoms with Gasteiger partial charge in [-0.3, -0.25) is 10.1 Å². The van der Waals surface area contributed by atoms with Gasteiger partial charge in [-0.1, -0.05) is 41.0 Å². The number of hydrogen-bond donors (Lipinski definition) is 2. The van der Waals surface area contributed by atoms with Crippen LogP contribution >= 0.6 is 35.0 Å². The van der Waals surface area contributed by atoms with E-state index in [0.717, 1.165) is 5.56 Å². The summed E-state index contributed by atoms with van der Waals surface area (Å²) in [7, 11) is 1.79. The Bertz CT molecular complexity index is 490. The Hall–Kier alpha value is -0.680. The smallest absolute Gasteiger partial charge is 0.259 e. The first-order valence-corrected chi connectivity index (χ1v) is 6.55. The molecule has 90 valence electrons. The number of thioether (sulfide) groups is 1. The van der Waals surface area contributed by atoms with Crippen molar-refractivity contribution >= 4 is 46.9 Å². The predicted octanol–water partition coefficient (Wildman–Crippen LogP) is 2.70. The van der Waals surface area contributed by atoms with Gasteiger partial charge in [-0.25, -0.2) is 0 Å². The fourth-order valence-electron chi connectivity index (χ4n) is 1.38. The molecule has 0 bridgehead atoms. The fraction of sp³-hybridized carbons (Fsp3) is 0.182. The van der Waals surface area contributed by atoms with E-state index in [9.17, 15) is 4.79 Å². The third-order valence-corrected chi connectivity index (χ3v) is 4.12. The van der Waals surface area contributed by atoms with Gasteiger partial charge in [0.1, 0.15) is 5.50 Å². The van der Waals surface area contributed by atoms with Gasteiger partial charge in [0.2, 0.25) is 0 Å². The highest BCUT2D eigenvalue weighted by Gasteiger charge is 2.25. The zero-order valence-electron chi connectivity index (χ0n) is 8.96. The summed E-state index contributed by atoms with van der Waals surface area (Å²) in [4.78, 5) is 12.3. The molecule has 1 aliphatic rings. The molecule has 1 heterocycles. The highest BCUT2D eigenvalue weighted by Crippen LogP contribution is 2.29. The second-order valence-corrected chi connectivity index (χ2v) is 5.40. The van der Waals surface area contributed by atoms with Crippen LogP contribution in [0.5, 0.6) is 0 Å². The van der Waals surface area contributed by atoms with E-state index in [2.05, 4.69) is 10.6 Å². The minimum absolute atomic E-state index is 0.0727. The number of hydrogen-bond acceptors (Lipinski definition) is 3. The molecule has 1 atom stereocenters. The van der Waals surface area contributed by atoms with Gasteiger partial charge < -0.3 is 5.32 Å². The summed E-state index contributed by atoms with van der Waals surface area (Å²) in [5.41, 5.74) is 0.783. The summed E-state index contributed by atoms with van der Waals surface area (Å²) in [6, 6.07) is 5.27. The zero-order valence-corrected chi connectivity index (χ0v) is 11.3. The van der Waals surface area contributed by atoms with Crippen molar-refractivity contribution in [3.05, 3.63) is 38.7 Å². The summed E-state index contributed by atoms with van der Waals surface area (Å²) in [6.07, 6.45) is 1.79. The lowest BCUT2D eigenvalue weighted by Crippen LogP contribution is -2.34. The molecule has 1 aromatic carbocycles. The number of halogens is 2. The molecule has 0 aromatic heterocycles. The quantitative estimate of drug-likeness (QED) is 0.822. The molecule has 1 aromatic rings. The fourth-order valence-corrected chi connectivity index (χ4v) is 2.60. The van der Waals surface area contributed by atoms with Gasteiger partial charge in [0, 0.05) is 0 Å². The normalized spacial score (nSPS) is 21.9. The molecule has 1 unspecified atom stereocenters. The van der Waals surface area contributed by atoms with E-state index in [-0.39, 0.29) is 11.4 Å². The highest BCUT2D eigenvalue weighted by atomic mass is 35.5. The van der Waals surface area contributed by atoms with E-state index in [1.807, 2.05) is 6.07 Å². The Kier molecular flexibility index (Phi) is 3.99. The third-order valence-electron chi connectivity index (χ3n) is 2.23. The molecule has 3 nitrogen and oxygen atoms in total. The van der Waals surface area contributed by atoms with Crippen molar-refractivity contribution in [2.24, 2.45) is 0 Å². The second-order valence-electron chi connectivity index (χ2n) is 3.44. The van der Waals surface area contributed by atoms with Crippen LogP contribution in [-0.4, -0.2) is 18.5 Å². The third kappa shape index (κ3) is 2.96. The number of amides is 1. The van der Waals surface area contributed by atoms with Gasteiger partial charge in [0.15, 0.2) is 0 Å². The molecule has 1 aliphatic heterocycles. The van der Waals surface area contributed by atoms with Crippen molar-refractivity contribution in [2.45, 2.75) is 5.50 Å². The lowest BCUT2D eigenvalue weighted by molar-refractivity contribution is -0.116. The number of benzene rings is 1. The standard InChI is InChI=1S/C11H10Cl2N2OS/c1-14-11-15-10(16)9(17-11)5-6-2-3-7(12)8(13)4-6/h2-5,11,14H,1H3,(H,15,16)/b9-5-. The number of nitrogens with one attached hydrogen (secondary N) is 2. The van der Waals surface area contributed by atoms with Gasteiger partial charge >= 0.3 is 0 Å². The molecular weight excluding hydrogens is 279 g/mol. The van der Waals surface area contributed by atoms with Crippen LogP contribution < -0.4 is 10.6 Å². The first kappa shape index (κ1) is 12.8. The molecule has 1 fully saturated rings. The average Bonchev–Trinajstić information content (AvgIpc) is 2.65. The summed E-state index contributed by atoms with van der Waals surface area (Å²) >= 11 is 13.2. The van der Waals surface area contributed by atoms with Crippen LogP contribution in [0.25, 0.3) is 6.08 Å². The van der Waals surface area contributed by atoms with Crippen LogP contribution in [0, 0.1) is 0 Å². The van der Waals surface area contributed by atoms with Crippen molar-refractivity contribution in [3.8, 4) is 0 Å². The second kappa shape index (κ2) is 5.31. The molecule has 2 rings (SSSR count). The Morgan fingerprint density at radius 1 is 1.41 bits per heavy atom. The molecule has 0 saturated carbocycles. The SMILES string of the molecule is CNC1NC(=O)/C(=C/c2ccc(Cl)c(Cl)c2)S1. The molecule has 1 amide bonds. The lowest BCUT2D eigenvalue weighted by Gasteiger charge is -2.03. The van der Waals surface area contributed by atoms with E-state index >= 15 is 0 Å². The number of carbonyl (C=O) groups excluding carboxylic acids is 1. The molecule has 0 spiro atoms. The maximum atomic E-state index is 11.6. The largest absolute Gasteiger partial charge is 0.327 e. The monoisotopic (exact) mass is 288 g/mol. The van der Waals surface area contributed by atoms with E-state index in [1.165, 1.54) is 11.8 Å². The van der Waals surface area contributed by atoms with Crippen LogP contribution in [0.3, 0.4) is 0 Å². The molecule has 6 heteroatoms. The first-order chi connectivity index (χ1) is 8.10.